The highest BCUT2D eigenvalue weighted by molar-refractivity contribution is 6.33. The molecule has 0 fully saturated rings. The summed E-state index contributed by atoms with van der Waals surface area (Å²) in [6.45, 7) is 4.47. The second-order valence-electron chi connectivity index (χ2n) is 4.08. The van der Waals surface area contributed by atoms with Crippen LogP contribution in [0.15, 0.2) is 12.1 Å². The summed E-state index contributed by atoms with van der Waals surface area (Å²) in [6.07, 6.45) is 0. The van der Waals surface area contributed by atoms with Crippen molar-refractivity contribution in [3.63, 3.8) is 0 Å². The minimum absolute atomic E-state index is 0.248. The van der Waals surface area contributed by atoms with Crippen LogP contribution >= 0.6 is 11.6 Å². The lowest BCUT2D eigenvalue weighted by molar-refractivity contribution is 0.0595. The van der Waals surface area contributed by atoms with Gasteiger partial charge in [-0.15, -0.1) is 0 Å². The second kappa shape index (κ2) is 5.77. The molecule has 0 radical (unpaired) electrons. The quantitative estimate of drug-likeness (QED) is 0.666. The molecular weight excluding hydrogens is 242 g/mol. The summed E-state index contributed by atoms with van der Waals surface area (Å²) in [4.78, 5) is 11.6. The van der Waals surface area contributed by atoms with Crippen LogP contribution in [0.4, 0.5) is 5.69 Å². The molecule has 17 heavy (non-hydrogen) atoms. The Bertz CT molecular complexity index is 418. The van der Waals surface area contributed by atoms with Gasteiger partial charge in [0.25, 0.3) is 0 Å². The summed E-state index contributed by atoms with van der Waals surface area (Å²) in [7, 11) is 1.30. The van der Waals surface area contributed by atoms with Gasteiger partial charge in [0, 0.05) is 5.69 Å². The van der Waals surface area contributed by atoms with Crippen LogP contribution in [0.25, 0.3) is 0 Å². The fourth-order valence-corrected chi connectivity index (χ4v) is 1.56. The molecule has 1 aromatic rings. The first kappa shape index (κ1) is 13.6. The summed E-state index contributed by atoms with van der Waals surface area (Å²) in [5.74, 6) is 0.133. The summed E-state index contributed by atoms with van der Waals surface area (Å²) >= 11 is 6.01. The zero-order chi connectivity index (χ0) is 13.0. The van der Waals surface area contributed by atoms with Crippen LogP contribution in [0.3, 0.4) is 0 Å². The topological polar surface area (TPSA) is 61.5 Å². The van der Waals surface area contributed by atoms with Crippen molar-refractivity contribution < 1.29 is 14.3 Å². The number of halogens is 1. The van der Waals surface area contributed by atoms with Gasteiger partial charge in [0.05, 0.1) is 18.7 Å². The van der Waals surface area contributed by atoms with Gasteiger partial charge in [0.2, 0.25) is 0 Å². The van der Waals surface area contributed by atoms with E-state index in [1.54, 1.807) is 6.07 Å². The molecule has 0 bridgehead atoms. The van der Waals surface area contributed by atoms with Crippen LogP contribution in [0.5, 0.6) is 5.75 Å². The molecule has 0 amide bonds. The fraction of sp³-hybridized carbons (Fsp3) is 0.417. The Hall–Kier alpha value is -1.42. The van der Waals surface area contributed by atoms with Crippen molar-refractivity contribution in [2.45, 2.75) is 13.8 Å². The summed E-state index contributed by atoms with van der Waals surface area (Å²) in [6, 6.07) is 3.04. The first-order valence-electron chi connectivity index (χ1n) is 5.25. The van der Waals surface area contributed by atoms with Gasteiger partial charge >= 0.3 is 5.97 Å². The first-order valence-corrected chi connectivity index (χ1v) is 5.63. The number of nitrogen functional groups attached to an aromatic ring is 1. The van der Waals surface area contributed by atoms with Crippen molar-refractivity contribution in [2.75, 3.05) is 19.5 Å². The average molecular weight is 258 g/mol. The van der Waals surface area contributed by atoms with Crippen LogP contribution < -0.4 is 10.5 Å². The van der Waals surface area contributed by atoms with E-state index < -0.39 is 5.97 Å². The third-order valence-electron chi connectivity index (χ3n) is 2.03. The molecule has 2 N–H and O–H groups in total. The molecule has 0 heterocycles. The fourth-order valence-electron chi connectivity index (χ4n) is 1.27. The van der Waals surface area contributed by atoms with Crippen LogP contribution in [0, 0.1) is 5.92 Å². The van der Waals surface area contributed by atoms with Gasteiger partial charge in [-0.2, -0.15) is 0 Å². The van der Waals surface area contributed by atoms with Crippen LogP contribution in [-0.4, -0.2) is 19.7 Å². The maximum Gasteiger partial charge on any atom is 0.341 e. The van der Waals surface area contributed by atoms with E-state index in [0.29, 0.717) is 29.0 Å². The third-order valence-corrected chi connectivity index (χ3v) is 2.31. The summed E-state index contributed by atoms with van der Waals surface area (Å²) in [5, 5.41) is 0.311. The Kier molecular flexibility index (Phi) is 4.63. The normalized spacial score (nSPS) is 10.4. The number of ether oxygens (including phenoxy) is 2. The van der Waals surface area contributed by atoms with Gasteiger partial charge in [-0.1, -0.05) is 25.4 Å². The van der Waals surface area contributed by atoms with Crippen molar-refractivity contribution in [1.82, 2.24) is 0 Å². The molecule has 1 rings (SSSR count). The Morgan fingerprint density at radius 3 is 2.65 bits per heavy atom. The Morgan fingerprint density at radius 2 is 2.12 bits per heavy atom. The van der Waals surface area contributed by atoms with Crippen LogP contribution in [0.2, 0.25) is 5.02 Å². The van der Waals surface area contributed by atoms with E-state index in [9.17, 15) is 4.79 Å². The number of nitrogens with two attached hydrogens (primary N) is 1. The number of esters is 1. The number of hydrogen-bond donors (Lipinski definition) is 1. The molecule has 0 saturated heterocycles. The molecule has 0 saturated carbocycles. The number of rotatable bonds is 4. The second-order valence-corrected chi connectivity index (χ2v) is 4.48. The van der Waals surface area contributed by atoms with Gasteiger partial charge in [0.15, 0.2) is 5.75 Å². The summed E-state index contributed by atoms with van der Waals surface area (Å²) < 4.78 is 10.2. The lowest BCUT2D eigenvalue weighted by Gasteiger charge is -2.14. The molecule has 1 aromatic carbocycles. The van der Waals surface area contributed by atoms with E-state index in [1.165, 1.54) is 13.2 Å². The molecule has 0 atom stereocenters. The Labute approximate surface area is 106 Å². The van der Waals surface area contributed by atoms with E-state index in [-0.39, 0.29) is 5.56 Å². The Balaban J connectivity index is 3.11. The maximum absolute atomic E-state index is 11.6. The predicted molar refractivity (Wildman–Crippen MR) is 67.5 cm³/mol. The minimum Gasteiger partial charge on any atom is -0.491 e. The number of benzene rings is 1. The highest BCUT2D eigenvalue weighted by Crippen LogP contribution is 2.32. The van der Waals surface area contributed by atoms with Crippen molar-refractivity contribution >= 4 is 23.3 Å². The lowest BCUT2D eigenvalue weighted by Crippen LogP contribution is -2.10. The smallest absolute Gasteiger partial charge is 0.341 e. The molecule has 0 aliphatic carbocycles. The SMILES string of the molecule is COC(=O)c1cc(N)cc(Cl)c1OCC(C)C. The lowest BCUT2D eigenvalue weighted by atomic mass is 10.1. The molecule has 5 heteroatoms. The van der Waals surface area contributed by atoms with Gasteiger partial charge in [0.1, 0.15) is 5.56 Å². The standard InChI is InChI=1S/C12H16ClNO3/c1-7(2)6-17-11-9(12(15)16-3)4-8(14)5-10(11)13/h4-5,7H,6,14H2,1-3H3. The number of carbonyl (C=O) groups excluding carboxylic acids is 1. The minimum atomic E-state index is -0.516. The number of carbonyl (C=O) groups is 1. The van der Waals surface area contributed by atoms with Gasteiger partial charge in [-0.05, 0) is 18.1 Å². The molecular formula is C12H16ClNO3. The van der Waals surface area contributed by atoms with E-state index >= 15 is 0 Å². The predicted octanol–water partition coefficient (Wildman–Crippen LogP) is 2.74. The van der Waals surface area contributed by atoms with Gasteiger partial charge in [-0.25, -0.2) is 4.79 Å². The third kappa shape index (κ3) is 3.53. The number of methoxy groups -OCH3 is 1. The van der Waals surface area contributed by atoms with E-state index in [4.69, 9.17) is 22.1 Å². The zero-order valence-electron chi connectivity index (χ0n) is 10.1. The first-order chi connectivity index (χ1) is 7.95. The van der Waals surface area contributed by atoms with Gasteiger partial charge < -0.3 is 15.2 Å². The molecule has 94 valence electrons. The molecule has 0 aliphatic heterocycles. The number of anilines is 1. The van der Waals surface area contributed by atoms with E-state index in [1.807, 2.05) is 13.8 Å². The zero-order valence-corrected chi connectivity index (χ0v) is 10.9. The molecule has 0 spiro atoms. The monoisotopic (exact) mass is 257 g/mol. The molecule has 4 nitrogen and oxygen atoms in total. The van der Waals surface area contributed by atoms with Crippen LogP contribution in [-0.2, 0) is 4.74 Å². The van der Waals surface area contributed by atoms with E-state index in [0.717, 1.165) is 0 Å². The van der Waals surface area contributed by atoms with Crippen molar-refractivity contribution in [2.24, 2.45) is 5.92 Å². The van der Waals surface area contributed by atoms with Crippen molar-refractivity contribution in [3.8, 4) is 5.75 Å². The highest BCUT2D eigenvalue weighted by atomic mass is 35.5. The van der Waals surface area contributed by atoms with Crippen LogP contribution in [0.1, 0.15) is 24.2 Å². The Morgan fingerprint density at radius 1 is 1.47 bits per heavy atom. The molecule has 0 aliphatic rings. The maximum atomic E-state index is 11.6. The molecule has 0 unspecified atom stereocenters. The highest BCUT2D eigenvalue weighted by Gasteiger charge is 2.17. The molecule has 0 aromatic heterocycles. The van der Waals surface area contributed by atoms with E-state index in [2.05, 4.69) is 4.74 Å². The van der Waals surface area contributed by atoms with Gasteiger partial charge in [-0.3, -0.25) is 0 Å². The summed E-state index contributed by atoms with van der Waals surface area (Å²) in [5.41, 5.74) is 6.27. The number of hydrogen-bond acceptors (Lipinski definition) is 4. The average Bonchev–Trinajstić information content (AvgIpc) is 2.25. The van der Waals surface area contributed by atoms with Crippen molar-refractivity contribution in [1.29, 1.82) is 0 Å². The van der Waals surface area contributed by atoms with Crippen molar-refractivity contribution in [3.05, 3.63) is 22.7 Å². The largest absolute Gasteiger partial charge is 0.491 e.